The molecular weight excluding hydrogens is 830 g/mol. The van der Waals surface area contributed by atoms with Crippen molar-refractivity contribution in [1.29, 1.82) is 0 Å². The quantitative estimate of drug-likeness (QED) is 0.0809. The number of hydrogen-bond acceptors (Lipinski definition) is 24. The summed E-state index contributed by atoms with van der Waals surface area (Å²) in [6, 6.07) is -1.85. The molecular formula is C36H63NO24. The lowest BCUT2D eigenvalue weighted by Crippen LogP contribution is -2.74. The van der Waals surface area contributed by atoms with E-state index in [1.165, 1.54) is 13.8 Å². The van der Waals surface area contributed by atoms with Crippen molar-refractivity contribution in [1.82, 2.24) is 5.32 Å². The van der Waals surface area contributed by atoms with E-state index < -0.39 is 184 Å². The van der Waals surface area contributed by atoms with Crippen molar-refractivity contribution >= 4 is 5.91 Å². The highest BCUT2D eigenvalue weighted by molar-refractivity contribution is 5.73. The summed E-state index contributed by atoms with van der Waals surface area (Å²) in [4.78, 5) is 13.0. The van der Waals surface area contributed by atoms with Gasteiger partial charge in [-0.3, -0.25) is 4.79 Å². The van der Waals surface area contributed by atoms with Gasteiger partial charge in [-0.05, 0) is 19.3 Å². The Hall–Kier alpha value is -1.45. The van der Waals surface area contributed by atoms with Gasteiger partial charge in [-0.25, -0.2) is 0 Å². The lowest BCUT2D eigenvalue weighted by molar-refractivity contribution is -0.433. The molecule has 15 N–H and O–H groups in total. The predicted octanol–water partition coefficient (Wildman–Crippen LogP) is -8.31. The van der Waals surface area contributed by atoms with E-state index in [4.69, 9.17) is 42.6 Å². The highest BCUT2D eigenvalue weighted by Gasteiger charge is 2.62. The molecule has 25 nitrogen and oxygen atoms in total. The monoisotopic (exact) mass is 893 g/mol. The largest absolute Gasteiger partial charge is 0.394 e. The Bertz CT molecular complexity index is 1430. The van der Waals surface area contributed by atoms with Crippen LogP contribution in [0.2, 0.25) is 0 Å². The summed E-state index contributed by atoms with van der Waals surface area (Å²) in [5, 5.41) is 154. The Morgan fingerprint density at radius 2 is 1.07 bits per heavy atom. The molecule has 356 valence electrons. The van der Waals surface area contributed by atoms with Gasteiger partial charge in [-0.15, -0.1) is 0 Å². The average molecular weight is 894 g/mol. The lowest BCUT2D eigenvalue weighted by atomic mass is 9.79. The summed E-state index contributed by atoms with van der Waals surface area (Å²) in [7, 11) is 0. The van der Waals surface area contributed by atoms with Crippen molar-refractivity contribution < 1.29 is 119 Å². The fourth-order valence-electron chi connectivity index (χ4n) is 8.07. The van der Waals surface area contributed by atoms with Crippen molar-refractivity contribution in [2.24, 2.45) is 5.41 Å². The van der Waals surface area contributed by atoms with E-state index in [2.05, 4.69) is 5.32 Å². The zero-order chi connectivity index (χ0) is 45.6. The Balaban J connectivity index is 1.59. The van der Waals surface area contributed by atoms with Gasteiger partial charge in [0.05, 0.1) is 38.1 Å². The molecule has 61 heavy (non-hydrogen) atoms. The second kappa shape index (κ2) is 20.0. The summed E-state index contributed by atoms with van der Waals surface area (Å²) < 4.78 is 53.0. The van der Waals surface area contributed by atoms with Crippen LogP contribution in [0.1, 0.15) is 41.5 Å². The third kappa shape index (κ3) is 10.2. The number of ether oxygens (including phenoxy) is 9. The molecule has 1 amide bonds. The van der Waals surface area contributed by atoms with Crippen LogP contribution in [0.5, 0.6) is 0 Å². The normalized spacial score (nSPS) is 51.2. The highest BCUT2D eigenvalue weighted by Crippen LogP contribution is 2.42. The van der Waals surface area contributed by atoms with Crippen LogP contribution in [0.4, 0.5) is 0 Å². The van der Waals surface area contributed by atoms with Gasteiger partial charge in [-0.1, -0.05) is 20.8 Å². The van der Waals surface area contributed by atoms with Crippen molar-refractivity contribution in [3.8, 4) is 0 Å². The summed E-state index contributed by atoms with van der Waals surface area (Å²) in [6.07, 6.45) is -41.2. The molecule has 0 saturated carbocycles. The maximum absolute atomic E-state index is 13.0. The van der Waals surface area contributed by atoms with E-state index in [9.17, 15) is 76.3 Å². The summed E-state index contributed by atoms with van der Waals surface area (Å²) in [5.74, 6) is -3.92. The number of hydrogen-bond donors (Lipinski definition) is 15. The molecule has 0 radical (unpaired) electrons. The molecule has 5 aliphatic heterocycles. The number of amides is 1. The molecule has 0 bridgehead atoms. The molecule has 0 aromatic carbocycles. The third-order valence-corrected chi connectivity index (χ3v) is 11.7. The SMILES string of the molecule is CC(=O)NC1[C@H](O[C@]2(O)C(CO)O[C@@H](C(C)(C)C)C(O)[C@H]2O)OC(CO)[C@@H](O[C@@H]2OC(C)[C@@H](O)C(O)[C@H]2O)[C@@H]1O[C@@H]1OC(CO)[C@H](O)[C@H](O)C1O[C@H]1OC(C)[C@@H](O)[C@H](O)C1O. The molecule has 0 aromatic heterocycles. The van der Waals surface area contributed by atoms with Gasteiger partial charge in [0.1, 0.15) is 104 Å². The number of carbonyl (C=O) groups is 1. The van der Waals surface area contributed by atoms with Crippen LogP contribution in [0, 0.1) is 5.41 Å². The van der Waals surface area contributed by atoms with Gasteiger partial charge >= 0.3 is 0 Å². The van der Waals surface area contributed by atoms with Crippen LogP contribution in [-0.2, 0) is 47.4 Å². The van der Waals surface area contributed by atoms with Gasteiger partial charge < -0.3 is 119 Å². The number of aliphatic hydroxyl groups excluding tert-OH is 13. The highest BCUT2D eigenvalue weighted by atomic mass is 16.8. The van der Waals surface area contributed by atoms with Crippen molar-refractivity contribution in [2.45, 2.75) is 195 Å². The van der Waals surface area contributed by atoms with Gasteiger partial charge in [-0.2, -0.15) is 0 Å². The van der Waals surface area contributed by atoms with Crippen LogP contribution >= 0.6 is 0 Å². The minimum atomic E-state index is -3.06. The zero-order valence-electron chi connectivity index (χ0n) is 34.3. The summed E-state index contributed by atoms with van der Waals surface area (Å²) in [6.45, 7) is 5.64. The fraction of sp³-hybridized carbons (Fsp3) is 0.972. The molecule has 10 unspecified atom stereocenters. The van der Waals surface area contributed by atoms with Gasteiger partial charge in [0.25, 0.3) is 0 Å². The molecule has 5 rings (SSSR count). The molecule has 0 aliphatic carbocycles. The van der Waals surface area contributed by atoms with E-state index in [0.29, 0.717) is 0 Å². The maximum atomic E-state index is 13.0. The second-order valence-electron chi connectivity index (χ2n) is 17.2. The summed E-state index contributed by atoms with van der Waals surface area (Å²) >= 11 is 0. The molecule has 0 aromatic rings. The first-order chi connectivity index (χ1) is 28.4. The first-order valence-corrected chi connectivity index (χ1v) is 20.0. The molecule has 25 heteroatoms. The van der Waals surface area contributed by atoms with Crippen molar-refractivity contribution in [3.63, 3.8) is 0 Å². The van der Waals surface area contributed by atoms with E-state index in [1.54, 1.807) is 20.8 Å². The molecule has 5 fully saturated rings. The van der Waals surface area contributed by atoms with E-state index in [-0.39, 0.29) is 0 Å². The predicted molar refractivity (Wildman–Crippen MR) is 194 cm³/mol. The Kier molecular flexibility index (Phi) is 16.5. The first-order valence-electron chi connectivity index (χ1n) is 20.0. The van der Waals surface area contributed by atoms with Crippen LogP contribution in [0.15, 0.2) is 0 Å². The fourth-order valence-corrected chi connectivity index (χ4v) is 8.07. The maximum Gasteiger partial charge on any atom is 0.226 e. The van der Waals surface area contributed by atoms with Crippen LogP contribution < -0.4 is 5.32 Å². The van der Waals surface area contributed by atoms with Crippen LogP contribution in [0.25, 0.3) is 0 Å². The minimum absolute atomic E-state index is 0.863. The van der Waals surface area contributed by atoms with Crippen LogP contribution in [0.3, 0.4) is 0 Å². The second-order valence-corrected chi connectivity index (χ2v) is 17.2. The number of nitrogens with one attached hydrogen (secondary N) is 1. The number of carbonyl (C=O) groups excluding carboxylic acids is 1. The Morgan fingerprint density at radius 3 is 1.54 bits per heavy atom. The standard InChI is InChI=1S/C36H63NO24/c1-10-17(42)20(45)23(48)32(53-10)58-26-14(8-39)56-31(61-36(52)15(9-40)57-30(35(4,5)6)25(50)29(36)51)16(37-12(3)41)27(26)59-34-28(22(47)19(44)13(7-38)55-34)60-33-24(49)21(46)18(43)11(2)54-33/h10-11,13-34,38-40,42-52H,7-9H2,1-6H3,(H,37,41)/t10?,11?,13?,14?,15?,16?,17-,18-,19+,20?,21+,22+,23-,24?,25?,26-,27-,28?,29-,30-,31+,32+,33-,34+,36-/m1/s1. The Labute approximate surface area is 349 Å². The lowest BCUT2D eigenvalue weighted by Gasteiger charge is -2.54. The number of rotatable bonds is 12. The molecule has 0 spiro atoms. The molecule has 5 aliphatic rings. The van der Waals surface area contributed by atoms with E-state index in [0.717, 1.165) is 6.92 Å². The Morgan fingerprint density at radius 1 is 0.574 bits per heavy atom. The number of aliphatic hydroxyl groups is 14. The molecule has 5 heterocycles. The van der Waals surface area contributed by atoms with Gasteiger partial charge in [0.15, 0.2) is 25.2 Å². The van der Waals surface area contributed by atoms with E-state index in [1.807, 2.05) is 0 Å². The van der Waals surface area contributed by atoms with Crippen molar-refractivity contribution in [3.05, 3.63) is 0 Å². The minimum Gasteiger partial charge on any atom is -0.394 e. The smallest absolute Gasteiger partial charge is 0.226 e. The average Bonchev–Trinajstić information content (AvgIpc) is 3.20. The first kappa shape index (κ1) is 50.5. The van der Waals surface area contributed by atoms with E-state index >= 15 is 0 Å². The van der Waals surface area contributed by atoms with Gasteiger partial charge in [0, 0.05) is 6.92 Å². The topological polar surface area (TPSA) is 395 Å². The zero-order valence-corrected chi connectivity index (χ0v) is 34.3. The van der Waals surface area contributed by atoms with Crippen LogP contribution in [-0.4, -0.2) is 250 Å². The van der Waals surface area contributed by atoms with Gasteiger partial charge in [0.2, 0.25) is 11.7 Å². The summed E-state index contributed by atoms with van der Waals surface area (Å²) in [5.41, 5.74) is -0.870. The molecule has 5 saturated heterocycles. The van der Waals surface area contributed by atoms with Crippen molar-refractivity contribution in [2.75, 3.05) is 19.8 Å². The third-order valence-electron chi connectivity index (χ3n) is 11.7. The molecule has 25 atom stereocenters.